The number of anilines is 1. The van der Waals surface area contributed by atoms with Crippen LogP contribution in [-0.4, -0.2) is 35.6 Å². The lowest BCUT2D eigenvalue weighted by atomic mass is 10.1. The van der Waals surface area contributed by atoms with Crippen molar-refractivity contribution >= 4 is 21.4 Å². The molecule has 1 aromatic carbocycles. The van der Waals surface area contributed by atoms with Gasteiger partial charge in [0.1, 0.15) is 0 Å². The molecule has 3 rings (SSSR count). The van der Waals surface area contributed by atoms with Crippen molar-refractivity contribution in [1.29, 1.82) is 0 Å². The maximum atomic E-state index is 12.5. The number of nitrogens with one attached hydrogen (secondary N) is 1. The quantitative estimate of drug-likeness (QED) is 0.920. The van der Waals surface area contributed by atoms with E-state index in [9.17, 15) is 13.2 Å². The summed E-state index contributed by atoms with van der Waals surface area (Å²) in [6, 6.07) is 9.18. The van der Waals surface area contributed by atoms with E-state index in [0.29, 0.717) is 12.1 Å². The molecule has 7 heteroatoms. The molecule has 1 unspecified atom stereocenters. The monoisotopic (exact) mass is 347 g/mol. The number of benzene rings is 1. The SMILES string of the molecule is CCc1ccccc1NC(=O)c1cc(C)n(C2CCS(=O)(=O)C2)n1. The predicted molar refractivity (Wildman–Crippen MR) is 93.0 cm³/mol. The minimum absolute atomic E-state index is 0.0925. The summed E-state index contributed by atoms with van der Waals surface area (Å²) in [4.78, 5) is 12.5. The van der Waals surface area contributed by atoms with Crippen molar-refractivity contribution in [3.8, 4) is 0 Å². The Morgan fingerprint density at radius 3 is 2.79 bits per heavy atom. The predicted octanol–water partition coefficient (Wildman–Crippen LogP) is 2.37. The second kappa shape index (κ2) is 6.39. The molecule has 1 aliphatic rings. The van der Waals surface area contributed by atoms with E-state index in [1.807, 2.05) is 38.1 Å². The van der Waals surface area contributed by atoms with Crippen molar-refractivity contribution in [2.24, 2.45) is 0 Å². The molecule has 1 aromatic heterocycles. The van der Waals surface area contributed by atoms with Crippen LogP contribution in [0.3, 0.4) is 0 Å². The first-order valence-electron chi connectivity index (χ1n) is 8.05. The molecule has 0 aliphatic carbocycles. The molecule has 1 atom stereocenters. The standard InChI is InChI=1S/C17H21N3O3S/c1-3-13-6-4-5-7-15(13)18-17(21)16-10-12(2)20(19-16)14-8-9-24(22,23)11-14/h4-7,10,14H,3,8-9,11H2,1-2H3,(H,18,21). The molecule has 0 radical (unpaired) electrons. The van der Waals surface area contributed by atoms with Crippen LogP contribution in [0.4, 0.5) is 5.69 Å². The van der Waals surface area contributed by atoms with Crippen molar-refractivity contribution in [2.45, 2.75) is 32.7 Å². The van der Waals surface area contributed by atoms with E-state index in [1.165, 1.54) is 0 Å². The van der Waals surface area contributed by atoms with Gasteiger partial charge in [0.15, 0.2) is 15.5 Å². The van der Waals surface area contributed by atoms with Gasteiger partial charge in [-0.15, -0.1) is 0 Å². The average molecular weight is 347 g/mol. The van der Waals surface area contributed by atoms with E-state index in [2.05, 4.69) is 10.4 Å². The third-order valence-electron chi connectivity index (χ3n) is 4.36. The van der Waals surface area contributed by atoms with Crippen LogP contribution in [0.2, 0.25) is 0 Å². The van der Waals surface area contributed by atoms with E-state index in [0.717, 1.165) is 23.4 Å². The molecule has 0 bridgehead atoms. The number of aromatic nitrogens is 2. The van der Waals surface area contributed by atoms with E-state index in [4.69, 9.17) is 0 Å². The largest absolute Gasteiger partial charge is 0.320 e. The Labute approximate surface area is 141 Å². The van der Waals surface area contributed by atoms with Gasteiger partial charge in [0.2, 0.25) is 0 Å². The van der Waals surface area contributed by atoms with Crippen molar-refractivity contribution in [3.63, 3.8) is 0 Å². The van der Waals surface area contributed by atoms with E-state index < -0.39 is 9.84 Å². The number of aryl methyl sites for hydroxylation is 2. The maximum absolute atomic E-state index is 12.5. The molecule has 0 spiro atoms. The zero-order chi connectivity index (χ0) is 17.3. The minimum Gasteiger partial charge on any atom is -0.320 e. The molecule has 0 saturated carbocycles. The van der Waals surface area contributed by atoms with Gasteiger partial charge >= 0.3 is 0 Å². The molecular weight excluding hydrogens is 326 g/mol. The third kappa shape index (κ3) is 3.36. The number of carbonyl (C=O) groups is 1. The summed E-state index contributed by atoms with van der Waals surface area (Å²) in [5.41, 5.74) is 2.94. The van der Waals surface area contributed by atoms with Crippen LogP contribution in [0, 0.1) is 6.92 Å². The highest BCUT2D eigenvalue weighted by Gasteiger charge is 2.31. The molecule has 1 amide bonds. The van der Waals surface area contributed by atoms with Crippen LogP contribution < -0.4 is 5.32 Å². The number of carbonyl (C=O) groups excluding carboxylic acids is 1. The van der Waals surface area contributed by atoms with Crippen molar-refractivity contribution in [3.05, 3.63) is 47.3 Å². The molecule has 1 fully saturated rings. The first kappa shape index (κ1) is 16.7. The lowest BCUT2D eigenvalue weighted by Crippen LogP contribution is -2.17. The van der Waals surface area contributed by atoms with Crippen molar-refractivity contribution < 1.29 is 13.2 Å². The number of para-hydroxylation sites is 1. The number of hydrogen-bond donors (Lipinski definition) is 1. The fourth-order valence-electron chi connectivity index (χ4n) is 3.07. The van der Waals surface area contributed by atoms with E-state index >= 15 is 0 Å². The molecule has 128 valence electrons. The van der Waals surface area contributed by atoms with Crippen LogP contribution in [0.1, 0.15) is 41.1 Å². The van der Waals surface area contributed by atoms with Crippen molar-refractivity contribution in [1.82, 2.24) is 9.78 Å². The lowest BCUT2D eigenvalue weighted by Gasteiger charge is -2.10. The third-order valence-corrected chi connectivity index (χ3v) is 6.11. The van der Waals surface area contributed by atoms with E-state index in [1.54, 1.807) is 10.7 Å². The summed E-state index contributed by atoms with van der Waals surface area (Å²) in [5.74, 6) is -0.00365. The highest BCUT2D eigenvalue weighted by Crippen LogP contribution is 2.25. The molecule has 1 aliphatic heterocycles. The summed E-state index contributed by atoms with van der Waals surface area (Å²) in [6.45, 7) is 3.87. The number of hydrogen-bond acceptors (Lipinski definition) is 4. The molecule has 6 nitrogen and oxygen atoms in total. The summed E-state index contributed by atoms with van der Waals surface area (Å²) in [7, 11) is -2.99. The Morgan fingerprint density at radius 2 is 2.12 bits per heavy atom. The highest BCUT2D eigenvalue weighted by molar-refractivity contribution is 7.91. The van der Waals surface area contributed by atoms with Gasteiger partial charge in [-0.3, -0.25) is 9.48 Å². The second-order valence-electron chi connectivity index (χ2n) is 6.14. The van der Waals surface area contributed by atoms with Gasteiger partial charge in [-0.05, 0) is 37.5 Å². The van der Waals surface area contributed by atoms with Gasteiger partial charge in [-0.2, -0.15) is 5.10 Å². The number of nitrogens with zero attached hydrogens (tertiary/aromatic N) is 2. The number of amides is 1. The zero-order valence-corrected chi connectivity index (χ0v) is 14.6. The van der Waals surface area contributed by atoms with Gasteiger partial charge < -0.3 is 5.32 Å². The maximum Gasteiger partial charge on any atom is 0.276 e. The molecule has 1 saturated heterocycles. The molecular formula is C17H21N3O3S. The normalized spacial score (nSPS) is 19.3. The Bertz CT molecular complexity index is 871. The first-order chi connectivity index (χ1) is 11.4. The lowest BCUT2D eigenvalue weighted by molar-refractivity contribution is 0.102. The summed E-state index contributed by atoms with van der Waals surface area (Å²) in [5, 5.41) is 7.24. The van der Waals surface area contributed by atoms with Crippen LogP contribution in [0.5, 0.6) is 0 Å². The fraction of sp³-hybridized carbons (Fsp3) is 0.412. The van der Waals surface area contributed by atoms with Crippen LogP contribution in [-0.2, 0) is 16.3 Å². The molecule has 24 heavy (non-hydrogen) atoms. The fourth-order valence-corrected chi connectivity index (χ4v) is 4.77. The van der Waals surface area contributed by atoms with Crippen LogP contribution >= 0.6 is 0 Å². The molecule has 2 aromatic rings. The highest BCUT2D eigenvalue weighted by atomic mass is 32.2. The summed E-state index contributed by atoms with van der Waals surface area (Å²) < 4.78 is 25.0. The smallest absolute Gasteiger partial charge is 0.276 e. The minimum atomic E-state index is -2.99. The second-order valence-corrected chi connectivity index (χ2v) is 8.37. The Balaban J connectivity index is 1.80. The van der Waals surface area contributed by atoms with Gasteiger partial charge in [0.25, 0.3) is 5.91 Å². The van der Waals surface area contributed by atoms with Gasteiger partial charge in [0.05, 0.1) is 17.5 Å². The first-order valence-corrected chi connectivity index (χ1v) is 9.87. The van der Waals surface area contributed by atoms with Gasteiger partial charge in [0, 0.05) is 11.4 Å². The molecule has 1 N–H and O–H groups in total. The number of rotatable bonds is 4. The topological polar surface area (TPSA) is 81.1 Å². The van der Waals surface area contributed by atoms with Crippen LogP contribution in [0.25, 0.3) is 0 Å². The molecule has 2 heterocycles. The Morgan fingerprint density at radius 1 is 1.38 bits per heavy atom. The Kier molecular flexibility index (Phi) is 4.45. The Hall–Kier alpha value is -2.15. The summed E-state index contributed by atoms with van der Waals surface area (Å²) in [6.07, 6.45) is 1.37. The van der Waals surface area contributed by atoms with Gasteiger partial charge in [-0.1, -0.05) is 25.1 Å². The van der Waals surface area contributed by atoms with Crippen molar-refractivity contribution in [2.75, 3.05) is 16.8 Å². The van der Waals surface area contributed by atoms with E-state index in [-0.39, 0.29) is 23.5 Å². The zero-order valence-electron chi connectivity index (χ0n) is 13.8. The average Bonchev–Trinajstić information content (AvgIpc) is 3.10. The van der Waals surface area contributed by atoms with Crippen LogP contribution in [0.15, 0.2) is 30.3 Å². The van der Waals surface area contributed by atoms with Gasteiger partial charge in [-0.25, -0.2) is 8.42 Å². The summed E-state index contributed by atoms with van der Waals surface area (Å²) >= 11 is 0. The number of sulfone groups is 1.